The van der Waals surface area contributed by atoms with E-state index in [1.807, 2.05) is 0 Å². The fourth-order valence-electron chi connectivity index (χ4n) is 3.64. The number of fused-ring (bicyclic) bond motifs is 1. The first-order valence-corrected chi connectivity index (χ1v) is 11.3. The van der Waals surface area contributed by atoms with Crippen LogP contribution in [0, 0.1) is 11.6 Å². The van der Waals surface area contributed by atoms with Crippen molar-refractivity contribution in [3.63, 3.8) is 0 Å². The summed E-state index contributed by atoms with van der Waals surface area (Å²) in [6, 6.07) is 12.0. The molecule has 168 valence electrons. The Morgan fingerprint density at radius 3 is 2.45 bits per heavy atom. The van der Waals surface area contributed by atoms with E-state index in [1.54, 1.807) is 19.1 Å². The number of nitrogens with zero attached hydrogens (tertiary/aromatic N) is 2. The highest BCUT2D eigenvalue weighted by Gasteiger charge is 2.26. The first-order valence-electron chi connectivity index (χ1n) is 9.79. The molecule has 0 fully saturated rings. The van der Waals surface area contributed by atoms with Gasteiger partial charge in [0.2, 0.25) is 0 Å². The minimum absolute atomic E-state index is 0.0953. The van der Waals surface area contributed by atoms with Crippen LogP contribution >= 0.6 is 0 Å². The molecule has 0 saturated heterocycles. The number of hydrogen-bond donors (Lipinski definition) is 2. The number of primary amides is 1. The Labute approximate surface area is 188 Å². The quantitative estimate of drug-likeness (QED) is 0.445. The second-order valence-electron chi connectivity index (χ2n) is 7.31. The van der Waals surface area contributed by atoms with Crippen LogP contribution in [0.1, 0.15) is 34.3 Å². The van der Waals surface area contributed by atoms with Crippen molar-refractivity contribution >= 4 is 32.7 Å². The second kappa shape index (κ2) is 8.55. The minimum atomic E-state index is -4.27. The van der Waals surface area contributed by atoms with Gasteiger partial charge in [0.05, 0.1) is 16.8 Å². The predicted octanol–water partition coefficient (Wildman–Crippen LogP) is 3.96. The Hall–Kier alpha value is -3.92. The number of anilines is 1. The van der Waals surface area contributed by atoms with Gasteiger partial charge >= 0.3 is 0 Å². The Morgan fingerprint density at radius 1 is 1.00 bits per heavy atom. The molecule has 0 radical (unpaired) electrons. The van der Waals surface area contributed by atoms with Crippen molar-refractivity contribution in [3.8, 4) is 0 Å². The van der Waals surface area contributed by atoms with Crippen LogP contribution in [0.25, 0.3) is 11.0 Å². The smallest absolute Gasteiger partial charge is 0.264 e. The number of para-hydroxylation sites is 2. The Balaban J connectivity index is 1.87. The largest absolute Gasteiger partial charge is 0.366 e. The summed E-state index contributed by atoms with van der Waals surface area (Å²) in [5.41, 5.74) is 6.22. The number of nitrogens with one attached hydrogen (secondary N) is 1. The molecule has 0 aliphatic heterocycles. The van der Waals surface area contributed by atoms with Gasteiger partial charge in [-0.05, 0) is 35.4 Å². The van der Waals surface area contributed by atoms with Crippen LogP contribution in [0.4, 0.5) is 14.5 Å². The van der Waals surface area contributed by atoms with Crippen LogP contribution in [0.2, 0.25) is 0 Å². The molecular formula is C23H18F2N4O3S. The second-order valence-corrected chi connectivity index (χ2v) is 8.96. The highest BCUT2D eigenvalue weighted by molar-refractivity contribution is 7.93. The minimum Gasteiger partial charge on any atom is -0.366 e. The number of rotatable bonds is 6. The van der Waals surface area contributed by atoms with E-state index in [4.69, 9.17) is 5.73 Å². The third-order valence-corrected chi connectivity index (χ3v) is 6.63. The summed E-state index contributed by atoms with van der Waals surface area (Å²) in [6.45, 7) is 1.61. The third-order valence-electron chi connectivity index (χ3n) is 5.25. The number of amides is 1. The summed E-state index contributed by atoms with van der Waals surface area (Å²) in [6.07, 6.45) is 2.80. The molecule has 0 saturated carbocycles. The van der Waals surface area contributed by atoms with Crippen LogP contribution in [-0.4, -0.2) is 24.3 Å². The lowest BCUT2D eigenvalue weighted by molar-refractivity contribution is 0.100. The van der Waals surface area contributed by atoms with Crippen LogP contribution in [0.5, 0.6) is 0 Å². The summed E-state index contributed by atoms with van der Waals surface area (Å²) in [5, 5.41) is 0. The summed E-state index contributed by atoms with van der Waals surface area (Å²) >= 11 is 0. The maximum Gasteiger partial charge on any atom is 0.264 e. The molecule has 1 atom stereocenters. The topological polar surface area (TPSA) is 115 Å². The average molecular weight is 468 g/mol. The van der Waals surface area contributed by atoms with Crippen molar-refractivity contribution in [3.05, 3.63) is 95.3 Å². The normalized spacial score (nSPS) is 12.5. The number of benzene rings is 3. The molecule has 1 heterocycles. The Kier molecular flexibility index (Phi) is 5.77. The van der Waals surface area contributed by atoms with Crippen molar-refractivity contribution in [2.24, 2.45) is 5.73 Å². The Bertz CT molecular complexity index is 1490. The lowest BCUT2D eigenvalue weighted by Gasteiger charge is -2.21. The van der Waals surface area contributed by atoms with Gasteiger partial charge < -0.3 is 5.73 Å². The number of hydrogen-bond acceptors (Lipinski definition) is 5. The molecule has 7 nitrogen and oxygen atoms in total. The molecule has 4 aromatic rings. The molecule has 3 N–H and O–H groups in total. The van der Waals surface area contributed by atoms with E-state index in [9.17, 15) is 22.0 Å². The zero-order chi connectivity index (χ0) is 23.8. The van der Waals surface area contributed by atoms with E-state index in [0.717, 1.165) is 12.1 Å². The molecule has 3 aromatic carbocycles. The van der Waals surface area contributed by atoms with Gasteiger partial charge in [-0.15, -0.1) is 0 Å². The molecule has 0 bridgehead atoms. The van der Waals surface area contributed by atoms with Gasteiger partial charge in [0.15, 0.2) is 0 Å². The first-order chi connectivity index (χ1) is 15.7. The van der Waals surface area contributed by atoms with Crippen molar-refractivity contribution < 1.29 is 22.0 Å². The number of nitrogens with two attached hydrogens (primary N) is 1. The molecule has 0 spiro atoms. The molecule has 1 aromatic heterocycles. The summed E-state index contributed by atoms with van der Waals surface area (Å²) in [4.78, 5) is 20.2. The molecular weight excluding hydrogens is 450 g/mol. The lowest BCUT2D eigenvalue weighted by Crippen LogP contribution is -2.21. The van der Waals surface area contributed by atoms with Crippen LogP contribution in [0.15, 0.2) is 71.9 Å². The average Bonchev–Trinajstić information content (AvgIpc) is 2.78. The van der Waals surface area contributed by atoms with Crippen molar-refractivity contribution in [1.29, 1.82) is 0 Å². The fraction of sp³-hybridized carbons (Fsp3) is 0.0870. The summed E-state index contributed by atoms with van der Waals surface area (Å²) in [7, 11) is -4.27. The predicted molar refractivity (Wildman–Crippen MR) is 119 cm³/mol. The van der Waals surface area contributed by atoms with Gasteiger partial charge in [-0.25, -0.2) is 17.2 Å². The number of carbonyl (C=O) groups excluding carboxylic acids is 1. The molecule has 10 heteroatoms. The zero-order valence-electron chi connectivity index (χ0n) is 17.3. The van der Waals surface area contributed by atoms with E-state index in [2.05, 4.69) is 14.7 Å². The number of carbonyl (C=O) groups is 1. The fourth-order valence-corrected chi connectivity index (χ4v) is 4.92. The number of halogens is 2. The molecule has 1 unspecified atom stereocenters. The summed E-state index contributed by atoms with van der Waals surface area (Å²) in [5.74, 6) is -3.16. The van der Waals surface area contributed by atoms with Gasteiger partial charge in [0.1, 0.15) is 22.0 Å². The lowest BCUT2D eigenvalue weighted by atomic mass is 9.90. The molecule has 33 heavy (non-hydrogen) atoms. The highest BCUT2D eigenvalue weighted by Crippen LogP contribution is 2.35. The standard InChI is InChI=1S/C23H18F2N4O3S/c1-13(15-9-8-14(24)12-18(15)25)16-4-2-5-17(23(26)30)21(16)29-33(31,32)20-7-3-6-19-22(20)28-11-10-27-19/h2-13,29H,1H3,(H2,26,30). The molecule has 0 aliphatic rings. The maximum absolute atomic E-state index is 14.5. The van der Waals surface area contributed by atoms with E-state index < -0.39 is 33.5 Å². The maximum atomic E-state index is 14.5. The van der Waals surface area contributed by atoms with Crippen molar-refractivity contribution in [2.45, 2.75) is 17.7 Å². The van der Waals surface area contributed by atoms with Gasteiger partial charge in [-0.1, -0.05) is 31.2 Å². The van der Waals surface area contributed by atoms with Crippen LogP contribution in [0.3, 0.4) is 0 Å². The van der Waals surface area contributed by atoms with Crippen molar-refractivity contribution in [2.75, 3.05) is 4.72 Å². The van der Waals surface area contributed by atoms with Gasteiger partial charge in [0, 0.05) is 24.4 Å². The van der Waals surface area contributed by atoms with Gasteiger partial charge in [-0.2, -0.15) is 0 Å². The van der Waals surface area contributed by atoms with Crippen LogP contribution in [-0.2, 0) is 10.0 Å². The van der Waals surface area contributed by atoms with Gasteiger partial charge in [0.25, 0.3) is 15.9 Å². The zero-order valence-corrected chi connectivity index (χ0v) is 18.1. The van der Waals surface area contributed by atoms with E-state index in [-0.39, 0.29) is 32.8 Å². The van der Waals surface area contributed by atoms with E-state index in [1.165, 1.54) is 42.7 Å². The van der Waals surface area contributed by atoms with Crippen molar-refractivity contribution in [1.82, 2.24) is 9.97 Å². The van der Waals surface area contributed by atoms with E-state index >= 15 is 0 Å². The number of aromatic nitrogens is 2. The molecule has 1 amide bonds. The van der Waals surface area contributed by atoms with Crippen LogP contribution < -0.4 is 10.5 Å². The van der Waals surface area contributed by atoms with Gasteiger partial charge in [-0.3, -0.25) is 19.5 Å². The highest BCUT2D eigenvalue weighted by atomic mass is 32.2. The SMILES string of the molecule is CC(c1ccc(F)cc1F)c1cccc(C(N)=O)c1NS(=O)(=O)c1cccc2nccnc12. The first kappa shape index (κ1) is 22.3. The third kappa shape index (κ3) is 4.24. The Morgan fingerprint density at radius 2 is 1.73 bits per heavy atom. The molecule has 0 aliphatic carbocycles. The number of sulfonamides is 1. The summed E-state index contributed by atoms with van der Waals surface area (Å²) < 4.78 is 57.0. The molecule has 4 rings (SSSR count). The van der Waals surface area contributed by atoms with E-state index in [0.29, 0.717) is 5.52 Å². The monoisotopic (exact) mass is 468 g/mol.